The van der Waals surface area contributed by atoms with Gasteiger partial charge in [0.1, 0.15) is 86.9 Å². The molecular formula is C72H70Br3Cl4N6O9P. The van der Waals surface area contributed by atoms with Gasteiger partial charge < -0.3 is 52.5 Å². The number of hydrogen-bond donors (Lipinski definition) is 2. The Morgan fingerprint density at radius 2 is 0.789 bits per heavy atom. The van der Waals surface area contributed by atoms with Gasteiger partial charge in [0.05, 0.1) is 76.8 Å². The molecule has 0 saturated carbocycles. The molecule has 15 nitrogen and oxygen atoms in total. The van der Waals surface area contributed by atoms with E-state index in [0.29, 0.717) is 22.7 Å². The average molecular weight is 1580 g/mol. The van der Waals surface area contributed by atoms with Gasteiger partial charge in [0.2, 0.25) is 0 Å². The van der Waals surface area contributed by atoms with Crippen LogP contribution in [-0.2, 0) is 32.6 Å². The van der Waals surface area contributed by atoms with Crippen molar-refractivity contribution in [3.05, 3.63) is 246 Å². The molecule has 4 aromatic heterocycles. The summed E-state index contributed by atoms with van der Waals surface area (Å²) < 4.78 is 38.1. The van der Waals surface area contributed by atoms with E-state index in [1.165, 1.54) is 28.6 Å². The second kappa shape index (κ2) is 36.5. The Hall–Kier alpha value is -7.61. The summed E-state index contributed by atoms with van der Waals surface area (Å²) in [5.41, 5.74) is 8.43. The van der Waals surface area contributed by atoms with Crippen molar-refractivity contribution in [3.63, 3.8) is 0 Å². The number of fused-ring (bicyclic) bond motifs is 2. The Bertz CT molecular complexity index is 4220. The number of aromatic nitrogens is 6. The topological polar surface area (TPSA) is 166 Å². The molecule has 12 aromatic rings. The first kappa shape index (κ1) is 74.8. The van der Waals surface area contributed by atoms with Crippen LogP contribution in [0.4, 0.5) is 0 Å². The molecule has 0 amide bonds. The number of halogens is 7. The molecule has 0 spiro atoms. The number of aromatic hydroxyl groups is 1. The summed E-state index contributed by atoms with van der Waals surface area (Å²) >= 11 is 33.5. The molecule has 0 unspecified atom stereocenters. The van der Waals surface area contributed by atoms with Crippen molar-refractivity contribution in [2.45, 2.75) is 18.5 Å². The summed E-state index contributed by atoms with van der Waals surface area (Å²) in [5, 5.41) is 25.5. The second-order valence-corrected chi connectivity index (χ2v) is 37.0. The number of rotatable bonds is 16. The van der Waals surface area contributed by atoms with E-state index in [1.807, 2.05) is 108 Å². The van der Waals surface area contributed by atoms with E-state index in [0.717, 1.165) is 101 Å². The third-order valence-electron chi connectivity index (χ3n) is 14.7. The van der Waals surface area contributed by atoms with E-state index < -0.39 is 4.01 Å². The van der Waals surface area contributed by atoms with Crippen LogP contribution in [0.25, 0.3) is 44.6 Å². The Labute approximate surface area is 598 Å². The van der Waals surface area contributed by atoms with Gasteiger partial charge in [0, 0.05) is 54.3 Å². The summed E-state index contributed by atoms with van der Waals surface area (Å²) in [6, 6.07) is 67.4. The maximum atomic E-state index is 9.31. The second-order valence-electron chi connectivity index (χ2n) is 20.2. The van der Waals surface area contributed by atoms with Gasteiger partial charge in [0.25, 0.3) is 0 Å². The summed E-state index contributed by atoms with van der Waals surface area (Å²) in [5.74, 6) is 5.53. The number of methoxy groups -OCH3 is 6. The van der Waals surface area contributed by atoms with Crippen molar-refractivity contribution >= 4 is 135 Å². The van der Waals surface area contributed by atoms with Gasteiger partial charge in [0.15, 0.2) is 0 Å². The molecule has 2 N–H and O–H groups in total. The zero-order valence-electron chi connectivity index (χ0n) is 53.1. The van der Waals surface area contributed by atoms with Crippen LogP contribution < -0.4 is 49.1 Å². The third kappa shape index (κ3) is 18.9. The summed E-state index contributed by atoms with van der Waals surface area (Å²) in [4.78, 5) is 16.6. The molecule has 0 aliphatic carbocycles. The molecule has 23 heteroatoms. The minimum atomic E-state index is -2.75. The summed E-state index contributed by atoms with van der Waals surface area (Å²) in [6.45, 7) is 0.374. The summed E-state index contributed by atoms with van der Waals surface area (Å²) in [6.07, 6.45) is 2.92. The number of phenols is 1. The van der Waals surface area contributed by atoms with E-state index >= 15 is 0 Å². The summed E-state index contributed by atoms with van der Waals surface area (Å²) in [7, 11) is 13.6. The number of nitrogens with zero attached hydrogens (tertiary/aromatic N) is 6. The average Bonchev–Trinajstić information content (AvgIpc) is 1.54. The van der Waals surface area contributed by atoms with E-state index in [-0.39, 0.29) is 17.7 Å². The number of phenolic OH excluding ortho intramolecular Hbond substituents is 1. The van der Waals surface area contributed by atoms with Crippen LogP contribution in [0.3, 0.4) is 0 Å². The third-order valence-corrected chi connectivity index (χ3v) is 26.9. The van der Waals surface area contributed by atoms with Crippen LogP contribution in [0.15, 0.2) is 219 Å². The first-order valence-corrected chi connectivity index (χ1v) is 38.1. The van der Waals surface area contributed by atoms with E-state index in [9.17, 15) is 5.11 Å². The van der Waals surface area contributed by atoms with E-state index in [4.69, 9.17) is 84.7 Å². The van der Waals surface area contributed by atoms with Gasteiger partial charge in [-0.2, -0.15) is 0 Å². The number of aliphatic hydroxyl groups is 1. The van der Waals surface area contributed by atoms with Gasteiger partial charge in [-0.1, -0.05) is 45.2 Å². The quantitative estimate of drug-likeness (QED) is 0.0533. The van der Waals surface area contributed by atoms with Crippen molar-refractivity contribution in [1.82, 2.24) is 29.1 Å². The van der Waals surface area contributed by atoms with Gasteiger partial charge in [-0.3, -0.25) is 0 Å². The first-order valence-electron chi connectivity index (χ1n) is 28.9. The van der Waals surface area contributed by atoms with Crippen LogP contribution in [0.5, 0.6) is 46.0 Å². The number of hydrogen-bond acceptors (Lipinski definition) is 13. The number of benzene rings is 8. The van der Waals surface area contributed by atoms with Gasteiger partial charge in [-0.05, 0) is 102 Å². The Morgan fingerprint density at radius 1 is 0.442 bits per heavy atom. The smallest absolute Gasteiger partial charge is 0.145 e. The molecule has 0 bridgehead atoms. The van der Waals surface area contributed by atoms with Gasteiger partial charge in [-0.15, -0.1) is 23.2 Å². The molecule has 0 atom stereocenters. The largest absolute Gasteiger partial charge is 0.508 e. The number of ether oxygens (including phenoxy) is 7. The number of aliphatic hydroxyl groups excluding tert-OH is 1. The maximum Gasteiger partial charge on any atom is 0.145 e. The fourth-order valence-corrected chi connectivity index (χ4v) is 17.8. The van der Waals surface area contributed by atoms with Gasteiger partial charge >= 0.3 is 142 Å². The Morgan fingerprint density at radius 3 is 1.15 bits per heavy atom. The minimum absolute atomic E-state index is 0.0207. The SMILES string of the molecule is BrP(Br)(c1ccccc1)(c1ccccc1)c1ccccc1.COc1ccc(CBr)c(OC)c1.COc1ccc(CO)c(OC)c1.COc1ccc(COc2ccc(-c3cc4c(Cl)ncnc4n3C)cc2)c(OC)c1.ClCCl.Cn1c(-c2ccc(O)cc2)cc2c(Cl)ncnc21. The van der Waals surface area contributed by atoms with Crippen molar-refractivity contribution in [2.75, 3.05) is 48.0 Å². The van der Waals surface area contributed by atoms with Crippen LogP contribution in [0, 0.1) is 0 Å². The Balaban J connectivity index is 0.000000172. The van der Waals surface area contributed by atoms with Crippen molar-refractivity contribution < 1.29 is 43.4 Å². The standard InChI is InChI=1S/C22H20ClN3O3.C18H15Br2P.C13H10ClN3O.C9H11BrO2.C9H12O3.CH2Cl2/c1-26-19(11-18-21(23)24-13-25-22(18)26)14-4-7-16(8-5-14)29-12-15-6-9-17(27-2)10-20(15)28-3;19-21(20,16-10-4-1-5-11-16,17-12-6-2-7-13-17)18-14-8-3-9-15-18;1-17-11(8-2-4-9(18)5-3-8)6-10-12(14)15-7-16-13(10)17;2*1-11-8-4-3-7(6-10)9(5-8)12-2;2-1-3/h4-11,13H,12H2,1-3H3;1-15H;2-7,18H,1H3;3-5H,6H2,1-2H3;3-5,10H,6H2,1-2H3;1H2. The van der Waals surface area contributed by atoms with Crippen LogP contribution >= 0.6 is 97.3 Å². The van der Waals surface area contributed by atoms with Crippen LogP contribution in [-0.4, -0.2) is 87.3 Å². The predicted octanol–water partition coefficient (Wildman–Crippen LogP) is 18.2. The zero-order valence-corrected chi connectivity index (χ0v) is 61.8. The molecule has 0 saturated heterocycles. The molecule has 496 valence electrons. The zero-order chi connectivity index (χ0) is 68.5. The number of aryl methyl sites for hydroxylation is 2. The Kier molecular flexibility index (Phi) is 28.7. The molecular weight excluding hydrogens is 1510 g/mol. The van der Waals surface area contributed by atoms with E-state index in [1.54, 1.807) is 73.0 Å². The van der Waals surface area contributed by atoms with Crippen LogP contribution in [0.1, 0.15) is 16.7 Å². The number of alkyl halides is 3. The molecule has 4 heterocycles. The fraction of sp³-hybridized carbons (Fsp3) is 0.167. The predicted molar refractivity (Wildman–Crippen MR) is 401 cm³/mol. The van der Waals surface area contributed by atoms with Crippen molar-refractivity contribution in [3.8, 4) is 68.5 Å². The van der Waals surface area contributed by atoms with Gasteiger partial charge in [-0.25, -0.2) is 19.9 Å². The van der Waals surface area contributed by atoms with Crippen molar-refractivity contribution in [2.24, 2.45) is 14.1 Å². The molecule has 0 aliphatic heterocycles. The molecule has 0 radical (unpaired) electrons. The van der Waals surface area contributed by atoms with Crippen LogP contribution in [0.2, 0.25) is 10.3 Å². The normalized spacial score (nSPS) is 11.0. The molecule has 12 rings (SSSR count). The maximum absolute atomic E-state index is 9.31. The van der Waals surface area contributed by atoms with E-state index in [2.05, 4.69) is 158 Å². The van der Waals surface area contributed by atoms with Crippen molar-refractivity contribution in [1.29, 1.82) is 0 Å². The molecule has 8 aromatic carbocycles. The fourth-order valence-electron chi connectivity index (χ4n) is 9.71. The minimum Gasteiger partial charge on any atom is -0.508 e. The molecule has 95 heavy (non-hydrogen) atoms. The monoisotopic (exact) mass is 1570 g/mol. The first-order chi connectivity index (χ1) is 45.9. The molecule has 0 fully saturated rings. The molecule has 0 aliphatic rings.